The largest absolute Gasteiger partial charge is 0.435 e. The number of hydrogen-bond donors (Lipinski definition) is 1. The van der Waals surface area contributed by atoms with Gasteiger partial charge in [0.25, 0.3) is 0 Å². The van der Waals surface area contributed by atoms with Crippen LogP contribution in [0.25, 0.3) is 11.1 Å². The number of allylic oxidation sites excluding steroid dienone is 6. The summed E-state index contributed by atoms with van der Waals surface area (Å²) in [6, 6.07) is 10.1. The Labute approximate surface area is 203 Å². The van der Waals surface area contributed by atoms with Gasteiger partial charge in [-0.1, -0.05) is 43.0 Å². The molecular formula is C26H26F4N2O2S. The van der Waals surface area contributed by atoms with Crippen LogP contribution >= 0.6 is 0 Å². The molecule has 0 saturated heterocycles. The highest BCUT2D eigenvalue weighted by molar-refractivity contribution is 7.90. The Morgan fingerprint density at radius 3 is 2.00 bits per heavy atom. The fourth-order valence-electron chi connectivity index (χ4n) is 3.15. The molecule has 35 heavy (non-hydrogen) atoms. The van der Waals surface area contributed by atoms with Gasteiger partial charge in [-0.25, -0.2) is 12.8 Å². The fraction of sp³-hybridized carbons (Fsp3) is 0.192. The van der Waals surface area contributed by atoms with E-state index in [0.717, 1.165) is 18.4 Å². The van der Waals surface area contributed by atoms with Crippen molar-refractivity contribution in [1.82, 2.24) is 5.43 Å². The van der Waals surface area contributed by atoms with E-state index in [1.807, 2.05) is 0 Å². The van der Waals surface area contributed by atoms with E-state index in [2.05, 4.69) is 17.1 Å². The van der Waals surface area contributed by atoms with Crippen molar-refractivity contribution < 1.29 is 26.0 Å². The average Bonchev–Trinajstić information content (AvgIpc) is 2.79. The smallest absolute Gasteiger partial charge is 0.278 e. The van der Waals surface area contributed by atoms with Crippen LogP contribution in [0.2, 0.25) is 0 Å². The van der Waals surface area contributed by atoms with Gasteiger partial charge in [-0.15, -0.1) is 0 Å². The minimum atomic E-state index is -4.88. The van der Waals surface area contributed by atoms with Crippen LogP contribution in [0, 0.1) is 5.82 Å². The van der Waals surface area contributed by atoms with Gasteiger partial charge in [-0.2, -0.15) is 18.3 Å². The molecule has 4 nitrogen and oxygen atoms in total. The number of rotatable bonds is 8. The maximum absolute atomic E-state index is 14.3. The minimum absolute atomic E-state index is 0.0322. The van der Waals surface area contributed by atoms with Crippen molar-refractivity contribution in [3.8, 4) is 0 Å². The van der Waals surface area contributed by atoms with E-state index in [1.54, 1.807) is 26.0 Å². The summed E-state index contributed by atoms with van der Waals surface area (Å²) < 4.78 is 80.2. The second-order valence-corrected chi connectivity index (χ2v) is 9.69. The zero-order valence-electron chi connectivity index (χ0n) is 19.7. The Morgan fingerprint density at radius 2 is 1.54 bits per heavy atom. The summed E-state index contributed by atoms with van der Waals surface area (Å²) in [7, 11) is -3.49. The minimum Gasteiger partial charge on any atom is -0.278 e. The number of nitrogens with zero attached hydrogens (tertiary/aromatic N) is 1. The summed E-state index contributed by atoms with van der Waals surface area (Å²) in [5.74, 6) is -0.605. The highest BCUT2D eigenvalue weighted by Gasteiger charge is 2.40. The van der Waals surface area contributed by atoms with Gasteiger partial charge in [-0.05, 0) is 73.4 Å². The van der Waals surface area contributed by atoms with Gasteiger partial charge < -0.3 is 0 Å². The molecule has 2 aromatic carbocycles. The van der Waals surface area contributed by atoms with Crippen molar-refractivity contribution in [2.45, 2.75) is 31.8 Å². The highest BCUT2D eigenvalue weighted by Crippen LogP contribution is 2.34. The third-order valence-corrected chi connectivity index (χ3v) is 6.21. The SMILES string of the molecule is C=C/C(C)=C(\C=C/C)N/N=C(\C(=C(/C)c1ccc(S(C)(=O)=O)cc1)c1ccc(F)cc1)C(F)(F)F. The summed E-state index contributed by atoms with van der Waals surface area (Å²) in [5.41, 5.74) is 2.47. The first kappa shape index (κ1) is 27.8. The lowest BCUT2D eigenvalue weighted by Crippen LogP contribution is -2.28. The summed E-state index contributed by atoms with van der Waals surface area (Å²) in [6.45, 7) is 8.48. The van der Waals surface area contributed by atoms with Crippen LogP contribution in [0.4, 0.5) is 17.6 Å². The molecular weight excluding hydrogens is 480 g/mol. The van der Waals surface area contributed by atoms with Crippen molar-refractivity contribution in [2.75, 3.05) is 6.26 Å². The highest BCUT2D eigenvalue weighted by atomic mass is 32.2. The molecule has 0 amide bonds. The molecule has 9 heteroatoms. The molecule has 1 N–H and O–H groups in total. The molecule has 0 spiro atoms. The van der Waals surface area contributed by atoms with E-state index >= 15 is 0 Å². The molecule has 0 aliphatic heterocycles. The Balaban J connectivity index is 2.82. The molecule has 0 unspecified atom stereocenters. The molecule has 0 aliphatic carbocycles. The van der Waals surface area contributed by atoms with Crippen LogP contribution in [0.1, 0.15) is 31.9 Å². The van der Waals surface area contributed by atoms with Crippen LogP contribution < -0.4 is 5.43 Å². The quantitative estimate of drug-likeness (QED) is 0.142. The lowest BCUT2D eigenvalue weighted by atomic mass is 9.92. The van der Waals surface area contributed by atoms with E-state index in [1.165, 1.54) is 49.4 Å². The van der Waals surface area contributed by atoms with E-state index in [-0.39, 0.29) is 21.6 Å². The maximum atomic E-state index is 14.3. The Bertz CT molecular complexity index is 1300. The van der Waals surface area contributed by atoms with Crippen molar-refractivity contribution in [2.24, 2.45) is 5.10 Å². The molecule has 0 aromatic heterocycles. The van der Waals surface area contributed by atoms with E-state index in [9.17, 15) is 26.0 Å². The molecule has 2 aromatic rings. The van der Waals surface area contributed by atoms with E-state index in [0.29, 0.717) is 16.8 Å². The third-order valence-electron chi connectivity index (χ3n) is 5.08. The lowest BCUT2D eigenvalue weighted by molar-refractivity contribution is -0.0575. The van der Waals surface area contributed by atoms with E-state index in [4.69, 9.17) is 0 Å². The fourth-order valence-corrected chi connectivity index (χ4v) is 3.78. The molecule has 0 atom stereocenters. The standard InChI is InChI=1S/C26H26F4N2O2S/c1-6-8-23(17(3)7-2)31-32-25(26(28,29)30)24(20-9-13-21(27)14-10-20)18(4)19-11-15-22(16-12-19)35(5,33)34/h6-16,31H,2H2,1,3-5H3/b8-6-,23-17+,24-18+,32-25+. The number of nitrogens with one attached hydrogen (secondary N) is 1. The Kier molecular flexibility index (Phi) is 8.98. The average molecular weight is 507 g/mol. The van der Waals surface area contributed by atoms with Gasteiger partial charge in [0.15, 0.2) is 15.5 Å². The lowest BCUT2D eigenvalue weighted by Gasteiger charge is -2.19. The molecule has 0 radical (unpaired) electrons. The van der Waals surface area contributed by atoms with Gasteiger partial charge in [0.1, 0.15) is 5.82 Å². The van der Waals surface area contributed by atoms with Crippen LogP contribution in [0.5, 0.6) is 0 Å². The normalized spacial score (nSPS) is 14.5. The zero-order chi connectivity index (χ0) is 26.4. The van der Waals surface area contributed by atoms with Crippen LogP contribution in [-0.4, -0.2) is 26.6 Å². The van der Waals surface area contributed by atoms with Gasteiger partial charge in [0.2, 0.25) is 0 Å². The van der Waals surface area contributed by atoms with Gasteiger partial charge >= 0.3 is 6.18 Å². The van der Waals surface area contributed by atoms with E-state index < -0.39 is 27.5 Å². The Morgan fingerprint density at radius 1 is 1.00 bits per heavy atom. The van der Waals surface area contributed by atoms with Crippen LogP contribution in [0.15, 0.2) is 94.6 Å². The number of benzene rings is 2. The zero-order valence-corrected chi connectivity index (χ0v) is 20.6. The summed E-state index contributed by atoms with van der Waals surface area (Å²) >= 11 is 0. The third kappa shape index (κ3) is 7.26. The molecule has 2 rings (SSSR count). The van der Waals surface area contributed by atoms with Gasteiger partial charge in [-0.3, -0.25) is 5.43 Å². The first-order valence-corrected chi connectivity index (χ1v) is 12.3. The first-order valence-electron chi connectivity index (χ1n) is 10.4. The molecule has 0 fully saturated rings. The molecule has 0 bridgehead atoms. The second-order valence-electron chi connectivity index (χ2n) is 7.67. The number of hydrogen-bond acceptors (Lipinski definition) is 4. The number of hydrazone groups is 1. The summed E-state index contributed by atoms with van der Waals surface area (Å²) in [4.78, 5) is 0.0322. The summed E-state index contributed by atoms with van der Waals surface area (Å²) in [5, 5.41) is 3.72. The van der Waals surface area contributed by atoms with Crippen LogP contribution in [0.3, 0.4) is 0 Å². The number of sulfone groups is 1. The number of alkyl halides is 3. The van der Waals surface area contributed by atoms with Crippen molar-refractivity contribution in [3.05, 3.63) is 102 Å². The molecule has 0 saturated carbocycles. The van der Waals surface area contributed by atoms with Crippen molar-refractivity contribution >= 4 is 26.7 Å². The second kappa shape index (κ2) is 11.3. The van der Waals surface area contributed by atoms with Crippen LogP contribution in [-0.2, 0) is 9.84 Å². The van der Waals surface area contributed by atoms with Crippen molar-refractivity contribution in [1.29, 1.82) is 0 Å². The molecule has 186 valence electrons. The first-order chi connectivity index (χ1) is 16.3. The molecule has 0 aliphatic rings. The van der Waals surface area contributed by atoms with Gasteiger partial charge in [0.05, 0.1) is 10.6 Å². The Hall–Kier alpha value is -3.46. The monoisotopic (exact) mass is 506 g/mol. The predicted molar refractivity (Wildman–Crippen MR) is 133 cm³/mol. The predicted octanol–water partition coefficient (Wildman–Crippen LogP) is 6.70. The summed E-state index contributed by atoms with van der Waals surface area (Å²) in [6.07, 6.45) is 0.843. The number of halogens is 4. The maximum Gasteiger partial charge on any atom is 0.435 e. The topological polar surface area (TPSA) is 58.5 Å². The van der Waals surface area contributed by atoms with Crippen molar-refractivity contribution in [3.63, 3.8) is 0 Å². The van der Waals surface area contributed by atoms with Gasteiger partial charge in [0, 0.05) is 11.8 Å². The molecule has 0 heterocycles.